The number of aromatic nitrogens is 1. The molecule has 3 heteroatoms. The lowest BCUT2D eigenvalue weighted by atomic mass is 9.82. The number of anilines is 1. The zero-order chi connectivity index (χ0) is 13.3. The predicted octanol–water partition coefficient (Wildman–Crippen LogP) is 3.39. The molecule has 2 unspecified atom stereocenters. The number of nitrogen functional groups attached to an aromatic ring is 1. The Hall–Kier alpha value is -1.43. The molecule has 98 valence electrons. The number of hydrogen-bond acceptors (Lipinski definition) is 2. The molecule has 1 aromatic rings. The van der Waals surface area contributed by atoms with Crippen LogP contribution in [0.15, 0.2) is 0 Å². The molecule has 3 nitrogen and oxygen atoms in total. The maximum atomic E-state index is 9.14. The van der Waals surface area contributed by atoms with Crippen molar-refractivity contribution in [3.8, 4) is 6.07 Å². The van der Waals surface area contributed by atoms with Crippen molar-refractivity contribution in [2.45, 2.75) is 53.0 Å². The molecule has 1 aromatic heterocycles. The van der Waals surface area contributed by atoms with Gasteiger partial charge >= 0.3 is 0 Å². The summed E-state index contributed by atoms with van der Waals surface area (Å²) in [6.45, 7) is 7.37. The average molecular weight is 245 g/mol. The van der Waals surface area contributed by atoms with Gasteiger partial charge in [-0.3, -0.25) is 0 Å². The van der Waals surface area contributed by atoms with Crippen molar-refractivity contribution in [1.29, 1.82) is 5.26 Å². The zero-order valence-electron chi connectivity index (χ0n) is 11.7. The zero-order valence-corrected chi connectivity index (χ0v) is 11.7. The van der Waals surface area contributed by atoms with Gasteiger partial charge in [-0.05, 0) is 44.1 Å². The maximum Gasteiger partial charge on any atom is 0.122 e. The van der Waals surface area contributed by atoms with Gasteiger partial charge in [-0.25, -0.2) is 0 Å². The van der Waals surface area contributed by atoms with Gasteiger partial charge in [0.15, 0.2) is 0 Å². The smallest absolute Gasteiger partial charge is 0.122 e. The van der Waals surface area contributed by atoms with Crippen LogP contribution in [0, 0.1) is 37.0 Å². The lowest BCUT2D eigenvalue weighted by Gasteiger charge is -2.27. The fourth-order valence-corrected chi connectivity index (χ4v) is 3.25. The van der Waals surface area contributed by atoms with Gasteiger partial charge in [0.25, 0.3) is 0 Å². The second kappa shape index (κ2) is 5.06. The lowest BCUT2D eigenvalue weighted by Crippen LogP contribution is -2.20. The van der Waals surface area contributed by atoms with Gasteiger partial charge in [-0.1, -0.05) is 19.8 Å². The Bertz CT molecular complexity index is 479. The second-order valence-corrected chi connectivity index (χ2v) is 5.83. The van der Waals surface area contributed by atoms with Crippen molar-refractivity contribution in [1.82, 2.24) is 4.57 Å². The Balaban J connectivity index is 2.22. The quantitative estimate of drug-likeness (QED) is 0.868. The van der Waals surface area contributed by atoms with Crippen molar-refractivity contribution in [3.05, 3.63) is 16.8 Å². The SMILES string of the molecule is Cc1c(C#N)c(N)n(CC2CCCC(C)C2)c1C. The van der Waals surface area contributed by atoms with Crippen LogP contribution in [0.1, 0.15) is 49.4 Å². The summed E-state index contributed by atoms with van der Waals surface area (Å²) in [6.07, 6.45) is 5.27. The third-order valence-electron chi connectivity index (χ3n) is 4.47. The molecular formula is C15H23N3. The molecule has 0 radical (unpaired) electrons. The highest BCUT2D eigenvalue weighted by atomic mass is 15.1. The van der Waals surface area contributed by atoms with Gasteiger partial charge in [-0.2, -0.15) is 5.26 Å². The minimum atomic E-state index is 0.658. The number of hydrogen-bond donors (Lipinski definition) is 1. The van der Waals surface area contributed by atoms with Crippen LogP contribution in [0.3, 0.4) is 0 Å². The lowest BCUT2D eigenvalue weighted by molar-refractivity contribution is 0.257. The minimum absolute atomic E-state index is 0.658. The molecule has 2 N–H and O–H groups in total. The minimum Gasteiger partial charge on any atom is -0.384 e. The summed E-state index contributed by atoms with van der Waals surface area (Å²) in [7, 11) is 0. The van der Waals surface area contributed by atoms with Crippen molar-refractivity contribution in [3.63, 3.8) is 0 Å². The van der Waals surface area contributed by atoms with Crippen LogP contribution in [-0.2, 0) is 6.54 Å². The standard InChI is InChI=1S/C15H23N3/c1-10-5-4-6-13(7-10)9-18-12(3)11(2)14(8-16)15(18)17/h10,13H,4-7,9,17H2,1-3H3. The molecule has 0 aliphatic heterocycles. The fourth-order valence-electron chi connectivity index (χ4n) is 3.25. The van der Waals surface area contributed by atoms with Crippen molar-refractivity contribution >= 4 is 5.82 Å². The highest BCUT2D eigenvalue weighted by Gasteiger charge is 2.22. The Kier molecular flexibility index (Phi) is 3.65. The number of rotatable bonds is 2. The van der Waals surface area contributed by atoms with Crippen LogP contribution in [0.4, 0.5) is 5.82 Å². The topological polar surface area (TPSA) is 54.7 Å². The molecule has 0 amide bonds. The monoisotopic (exact) mass is 245 g/mol. The van der Waals surface area contributed by atoms with E-state index in [1.165, 1.54) is 25.7 Å². The van der Waals surface area contributed by atoms with Gasteiger partial charge < -0.3 is 10.3 Å². The van der Waals surface area contributed by atoms with Gasteiger partial charge in [0, 0.05) is 12.2 Å². The van der Waals surface area contributed by atoms with E-state index < -0.39 is 0 Å². The first kappa shape index (κ1) is 13.0. The van der Waals surface area contributed by atoms with Crippen LogP contribution in [0.2, 0.25) is 0 Å². The van der Waals surface area contributed by atoms with E-state index in [9.17, 15) is 0 Å². The molecule has 1 aliphatic rings. The van der Waals surface area contributed by atoms with Crippen molar-refractivity contribution in [2.75, 3.05) is 5.73 Å². The van der Waals surface area contributed by atoms with Crippen LogP contribution in [0.5, 0.6) is 0 Å². The summed E-state index contributed by atoms with van der Waals surface area (Å²) in [6, 6.07) is 2.22. The predicted molar refractivity (Wildman–Crippen MR) is 74.2 cm³/mol. The summed E-state index contributed by atoms with van der Waals surface area (Å²) < 4.78 is 2.15. The first-order valence-electron chi connectivity index (χ1n) is 6.89. The average Bonchev–Trinajstić information content (AvgIpc) is 2.53. The van der Waals surface area contributed by atoms with E-state index in [0.29, 0.717) is 17.3 Å². The molecule has 2 rings (SSSR count). The molecule has 1 heterocycles. The molecular weight excluding hydrogens is 222 g/mol. The van der Waals surface area contributed by atoms with Gasteiger partial charge in [0.1, 0.15) is 11.9 Å². The van der Waals surface area contributed by atoms with Crippen LogP contribution in [-0.4, -0.2) is 4.57 Å². The first-order valence-corrected chi connectivity index (χ1v) is 6.89. The number of nitrogens with two attached hydrogens (primary N) is 1. The molecule has 2 atom stereocenters. The number of nitrogens with zero attached hydrogens (tertiary/aromatic N) is 2. The third-order valence-corrected chi connectivity index (χ3v) is 4.47. The summed E-state index contributed by atoms with van der Waals surface area (Å²) in [4.78, 5) is 0. The summed E-state index contributed by atoms with van der Waals surface area (Å²) >= 11 is 0. The van der Waals surface area contributed by atoms with E-state index in [-0.39, 0.29) is 0 Å². The highest BCUT2D eigenvalue weighted by molar-refractivity contribution is 5.57. The van der Waals surface area contributed by atoms with E-state index in [1.54, 1.807) is 0 Å². The molecule has 0 spiro atoms. The van der Waals surface area contributed by atoms with E-state index in [0.717, 1.165) is 23.7 Å². The van der Waals surface area contributed by atoms with E-state index in [1.807, 2.05) is 6.92 Å². The van der Waals surface area contributed by atoms with Gasteiger partial charge in [0.05, 0.1) is 5.56 Å². The van der Waals surface area contributed by atoms with Gasteiger partial charge in [-0.15, -0.1) is 0 Å². The Morgan fingerprint density at radius 3 is 2.67 bits per heavy atom. The fraction of sp³-hybridized carbons (Fsp3) is 0.667. The third kappa shape index (κ3) is 2.25. The Morgan fingerprint density at radius 2 is 2.11 bits per heavy atom. The molecule has 0 aromatic carbocycles. The normalized spacial score (nSPS) is 23.9. The maximum absolute atomic E-state index is 9.14. The summed E-state index contributed by atoms with van der Waals surface area (Å²) in [5.41, 5.74) is 8.97. The van der Waals surface area contributed by atoms with E-state index in [4.69, 9.17) is 11.0 Å². The van der Waals surface area contributed by atoms with E-state index >= 15 is 0 Å². The molecule has 0 bridgehead atoms. The Labute approximate surface area is 110 Å². The Morgan fingerprint density at radius 1 is 1.39 bits per heavy atom. The largest absolute Gasteiger partial charge is 0.384 e. The molecule has 1 saturated carbocycles. The van der Waals surface area contributed by atoms with Crippen LogP contribution >= 0.6 is 0 Å². The first-order chi connectivity index (χ1) is 8.54. The van der Waals surface area contributed by atoms with Crippen molar-refractivity contribution < 1.29 is 0 Å². The number of nitriles is 1. The molecule has 1 aliphatic carbocycles. The molecule has 18 heavy (non-hydrogen) atoms. The van der Waals surface area contributed by atoms with E-state index in [2.05, 4.69) is 24.5 Å². The highest BCUT2D eigenvalue weighted by Crippen LogP contribution is 2.32. The summed E-state index contributed by atoms with van der Waals surface area (Å²) in [5.74, 6) is 2.20. The van der Waals surface area contributed by atoms with Crippen LogP contribution < -0.4 is 5.73 Å². The molecule has 1 fully saturated rings. The van der Waals surface area contributed by atoms with Gasteiger partial charge in [0.2, 0.25) is 0 Å². The summed E-state index contributed by atoms with van der Waals surface area (Å²) in [5, 5.41) is 9.14. The molecule has 0 saturated heterocycles. The van der Waals surface area contributed by atoms with Crippen molar-refractivity contribution in [2.24, 2.45) is 11.8 Å². The second-order valence-electron chi connectivity index (χ2n) is 5.83. The van der Waals surface area contributed by atoms with Crippen LogP contribution in [0.25, 0.3) is 0 Å².